The highest BCUT2D eigenvalue weighted by Crippen LogP contribution is 2.54. The number of alkyl halides is 2. The summed E-state index contributed by atoms with van der Waals surface area (Å²) in [4.78, 5) is 26.6. The van der Waals surface area contributed by atoms with Crippen LogP contribution >= 0.6 is 0 Å². The third-order valence-electron chi connectivity index (χ3n) is 8.42. The highest BCUT2D eigenvalue weighted by molar-refractivity contribution is 7.92. The van der Waals surface area contributed by atoms with E-state index in [9.17, 15) is 22.0 Å². The Bertz CT molecular complexity index is 1550. The number of anilines is 4. The average Bonchev–Trinajstić information content (AvgIpc) is 3.49. The van der Waals surface area contributed by atoms with Crippen molar-refractivity contribution >= 4 is 44.7 Å². The van der Waals surface area contributed by atoms with Crippen molar-refractivity contribution in [2.45, 2.75) is 44.4 Å². The van der Waals surface area contributed by atoms with Gasteiger partial charge in [0.05, 0.1) is 29.3 Å². The summed E-state index contributed by atoms with van der Waals surface area (Å²) in [6, 6.07) is 6.45. The first-order valence-corrected chi connectivity index (χ1v) is 15.5. The van der Waals surface area contributed by atoms with Gasteiger partial charge in [-0.05, 0) is 49.3 Å². The van der Waals surface area contributed by atoms with Crippen LogP contribution in [0, 0.1) is 5.41 Å². The molecule has 6 rings (SSSR count). The number of aliphatic hydroxyl groups is 1. The third kappa shape index (κ3) is 5.94. The number of imidazole rings is 1. The fraction of sp³-hybridized carbons (Fsp3) is 0.519. The first-order chi connectivity index (χ1) is 19.6. The van der Waals surface area contributed by atoms with Gasteiger partial charge in [-0.1, -0.05) is 0 Å². The second-order valence-electron chi connectivity index (χ2n) is 11.3. The van der Waals surface area contributed by atoms with Crippen LogP contribution in [0.4, 0.5) is 31.9 Å². The monoisotopic (exact) mass is 589 g/mol. The molecule has 3 fully saturated rings. The zero-order valence-corrected chi connectivity index (χ0v) is 23.3. The normalized spacial score (nSPS) is 19.9. The number of nitrogens with one attached hydrogen (secondary N) is 2. The molecule has 0 radical (unpaired) electrons. The number of sulfonamides is 1. The molecule has 1 aliphatic carbocycles. The molecule has 0 bridgehead atoms. The van der Waals surface area contributed by atoms with Gasteiger partial charge in [0, 0.05) is 57.5 Å². The summed E-state index contributed by atoms with van der Waals surface area (Å²) in [5.41, 5.74) is 2.16. The number of carbonyl (C=O) groups is 1. The van der Waals surface area contributed by atoms with E-state index in [1.807, 2.05) is 0 Å². The van der Waals surface area contributed by atoms with E-state index in [0.29, 0.717) is 33.8 Å². The quantitative estimate of drug-likeness (QED) is 0.365. The largest absolute Gasteiger partial charge is 0.395 e. The Kier molecular flexibility index (Phi) is 7.00. The van der Waals surface area contributed by atoms with E-state index in [-0.39, 0.29) is 31.9 Å². The lowest BCUT2D eigenvalue weighted by atomic mass is 9.93. The summed E-state index contributed by atoms with van der Waals surface area (Å²) < 4.78 is 56.2. The van der Waals surface area contributed by atoms with Crippen LogP contribution in [0.15, 0.2) is 36.7 Å². The van der Waals surface area contributed by atoms with Gasteiger partial charge in [-0.3, -0.25) is 19.2 Å². The topological polar surface area (TPSA) is 132 Å². The number of aromatic nitrogens is 3. The Balaban J connectivity index is 1.30. The van der Waals surface area contributed by atoms with E-state index in [2.05, 4.69) is 24.9 Å². The molecule has 1 aromatic carbocycles. The average molecular weight is 590 g/mol. The summed E-state index contributed by atoms with van der Waals surface area (Å²) in [5.74, 6) is -2.93. The van der Waals surface area contributed by atoms with E-state index in [1.165, 1.54) is 18.9 Å². The number of carbonyl (C=O) groups excluding carboxylic acids is 1. The summed E-state index contributed by atoms with van der Waals surface area (Å²) >= 11 is 0. The van der Waals surface area contributed by atoms with Crippen LogP contribution in [0.5, 0.6) is 0 Å². The molecule has 3 N–H and O–H groups in total. The number of aliphatic hydroxyl groups excluding tert-OH is 1. The molecular formula is C27H33F2N7O4S. The molecule has 0 atom stereocenters. The van der Waals surface area contributed by atoms with Crippen molar-refractivity contribution in [3.63, 3.8) is 0 Å². The maximum absolute atomic E-state index is 13.8. The number of hydrogen-bond donors (Lipinski definition) is 3. The van der Waals surface area contributed by atoms with Gasteiger partial charge in [0.15, 0.2) is 0 Å². The first-order valence-electron chi connectivity index (χ1n) is 13.8. The van der Waals surface area contributed by atoms with E-state index in [1.54, 1.807) is 39.9 Å². The first kappa shape index (κ1) is 27.6. The Morgan fingerprint density at radius 2 is 1.71 bits per heavy atom. The van der Waals surface area contributed by atoms with Crippen LogP contribution in [-0.4, -0.2) is 78.3 Å². The zero-order chi connectivity index (χ0) is 28.8. The van der Waals surface area contributed by atoms with E-state index < -0.39 is 34.2 Å². The molecule has 1 spiro atoms. The fourth-order valence-electron chi connectivity index (χ4n) is 5.69. The second kappa shape index (κ2) is 10.4. The van der Waals surface area contributed by atoms with Gasteiger partial charge in [0.25, 0.3) is 11.8 Å². The number of piperidine rings is 2. The number of nitrogens with zero attached hydrogens (tertiary/aromatic N) is 5. The second-order valence-corrected chi connectivity index (χ2v) is 13.1. The molecule has 11 nitrogen and oxygen atoms in total. The number of amides is 1. The Hall–Kier alpha value is -3.52. The van der Waals surface area contributed by atoms with Gasteiger partial charge in [0.2, 0.25) is 16.0 Å². The zero-order valence-electron chi connectivity index (χ0n) is 22.5. The number of benzene rings is 1. The van der Waals surface area contributed by atoms with E-state index >= 15 is 0 Å². The SMILES string of the molecule is O=C(Nc1nc(N2CCC(F)(F)CC2)cc2nccn12)c1ccc(NS(=O)(=O)CCO)cc1N1CCC2(CC1)CC2. The molecule has 2 saturated heterocycles. The van der Waals surface area contributed by atoms with Gasteiger partial charge in [0.1, 0.15) is 11.5 Å². The van der Waals surface area contributed by atoms with Crippen LogP contribution in [0.1, 0.15) is 48.9 Å². The van der Waals surface area contributed by atoms with E-state index in [0.717, 1.165) is 25.9 Å². The summed E-state index contributed by atoms with van der Waals surface area (Å²) in [6.45, 7) is 1.25. The van der Waals surface area contributed by atoms with Crippen LogP contribution in [-0.2, 0) is 10.0 Å². The number of rotatable bonds is 8. The number of hydrogen-bond acceptors (Lipinski definition) is 8. The molecule has 1 amide bonds. The van der Waals surface area contributed by atoms with Crippen molar-refractivity contribution in [1.29, 1.82) is 0 Å². The lowest BCUT2D eigenvalue weighted by Gasteiger charge is -2.35. The van der Waals surface area contributed by atoms with Gasteiger partial charge in [-0.15, -0.1) is 0 Å². The third-order valence-corrected chi connectivity index (χ3v) is 9.68. The van der Waals surface area contributed by atoms with Gasteiger partial charge >= 0.3 is 0 Å². The minimum Gasteiger partial charge on any atom is -0.395 e. The minimum absolute atomic E-state index is 0.137. The highest BCUT2D eigenvalue weighted by atomic mass is 32.2. The highest BCUT2D eigenvalue weighted by Gasteiger charge is 2.44. The summed E-state index contributed by atoms with van der Waals surface area (Å²) in [6.07, 6.45) is 7.12. The summed E-state index contributed by atoms with van der Waals surface area (Å²) in [5, 5.41) is 12.0. The molecule has 2 aliphatic heterocycles. The van der Waals surface area contributed by atoms with Crippen LogP contribution in [0.25, 0.3) is 5.65 Å². The molecule has 1 saturated carbocycles. The van der Waals surface area contributed by atoms with Crippen molar-refractivity contribution in [3.8, 4) is 0 Å². The number of halogens is 2. The molecular weight excluding hydrogens is 556 g/mol. The predicted octanol–water partition coefficient (Wildman–Crippen LogP) is 3.33. The van der Waals surface area contributed by atoms with Gasteiger partial charge < -0.3 is 14.9 Å². The lowest BCUT2D eigenvalue weighted by Crippen LogP contribution is -2.40. The number of fused-ring (bicyclic) bond motifs is 1. The van der Waals surface area contributed by atoms with Crippen LogP contribution < -0.4 is 19.8 Å². The Morgan fingerprint density at radius 1 is 1.00 bits per heavy atom. The van der Waals surface area contributed by atoms with Gasteiger partial charge in [-0.25, -0.2) is 22.2 Å². The van der Waals surface area contributed by atoms with E-state index in [4.69, 9.17) is 5.11 Å². The maximum atomic E-state index is 13.8. The maximum Gasteiger partial charge on any atom is 0.260 e. The van der Waals surface area contributed by atoms with Crippen LogP contribution in [0.3, 0.4) is 0 Å². The molecule has 0 unspecified atom stereocenters. The van der Waals surface area contributed by atoms with Crippen molar-refractivity contribution in [2.75, 3.05) is 58.4 Å². The molecule has 3 aliphatic rings. The van der Waals surface area contributed by atoms with Crippen molar-refractivity contribution in [3.05, 3.63) is 42.2 Å². The summed E-state index contributed by atoms with van der Waals surface area (Å²) in [7, 11) is -3.75. The standard InChI is InChI=1S/C27H33F2N7O4S/c28-27(29)7-12-35(13-8-27)23-18-22-30-9-14-36(22)25(31-23)32-24(38)20-2-1-19(33-41(39,40)16-15-37)17-21(20)34-10-5-26(3-4-26)6-11-34/h1-2,9,14,17-18,33,37H,3-8,10-13,15-16H2,(H,31,32,38). The predicted molar refractivity (Wildman–Crippen MR) is 151 cm³/mol. The van der Waals surface area contributed by atoms with Crippen molar-refractivity contribution in [2.24, 2.45) is 5.41 Å². The molecule has 220 valence electrons. The van der Waals surface area contributed by atoms with Crippen molar-refractivity contribution in [1.82, 2.24) is 14.4 Å². The molecule has 2 aromatic heterocycles. The molecule has 41 heavy (non-hydrogen) atoms. The minimum atomic E-state index is -3.75. The van der Waals surface area contributed by atoms with Crippen LogP contribution in [0.2, 0.25) is 0 Å². The molecule has 3 aromatic rings. The lowest BCUT2D eigenvalue weighted by molar-refractivity contribution is -0.0221. The van der Waals surface area contributed by atoms with Crippen molar-refractivity contribution < 1.29 is 27.1 Å². The Morgan fingerprint density at radius 3 is 2.39 bits per heavy atom. The van der Waals surface area contributed by atoms with Gasteiger partial charge in [-0.2, -0.15) is 4.98 Å². The molecule has 4 heterocycles. The molecule has 14 heteroatoms. The fourth-order valence-corrected chi connectivity index (χ4v) is 6.52. The smallest absolute Gasteiger partial charge is 0.260 e. The Labute approximate surface area is 236 Å².